The number of carbonyl (C=O) groups is 2. The number of hydrogen-bond acceptors (Lipinski definition) is 6. The molecular weight excluding hydrogens is 368 g/mol. The third-order valence-electron chi connectivity index (χ3n) is 4.83. The number of rotatable bonds is 5. The normalized spacial score (nSPS) is 16.8. The Kier molecular flexibility index (Phi) is 6.04. The van der Waals surface area contributed by atoms with E-state index in [4.69, 9.17) is 9.47 Å². The second kappa shape index (κ2) is 7.62. The van der Waals surface area contributed by atoms with Gasteiger partial charge in [0, 0.05) is 0 Å². The maximum absolute atomic E-state index is 13.3. The van der Waals surface area contributed by atoms with E-state index in [1.54, 1.807) is 32.9 Å². The van der Waals surface area contributed by atoms with Gasteiger partial charge >= 0.3 is 11.9 Å². The summed E-state index contributed by atoms with van der Waals surface area (Å²) in [6.45, 7) is 8.24. The molecule has 0 spiro atoms. The lowest BCUT2D eigenvalue weighted by Crippen LogP contribution is -2.46. The molecule has 0 saturated heterocycles. The zero-order valence-electron chi connectivity index (χ0n) is 16.6. The second-order valence-electron chi connectivity index (χ2n) is 8.11. The van der Waals surface area contributed by atoms with Crippen molar-refractivity contribution in [2.75, 3.05) is 6.61 Å². The number of sulfone groups is 1. The fraction of sp³-hybridized carbons (Fsp3) is 0.600. The van der Waals surface area contributed by atoms with Crippen LogP contribution in [-0.4, -0.2) is 37.3 Å². The van der Waals surface area contributed by atoms with E-state index in [9.17, 15) is 18.0 Å². The Morgan fingerprint density at radius 3 is 2.19 bits per heavy atom. The molecule has 0 unspecified atom stereocenters. The summed E-state index contributed by atoms with van der Waals surface area (Å²) in [5, 5.41) is 0. The van der Waals surface area contributed by atoms with E-state index in [2.05, 4.69) is 0 Å². The van der Waals surface area contributed by atoms with E-state index in [-0.39, 0.29) is 17.7 Å². The third kappa shape index (κ3) is 4.51. The third-order valence-corrected chi connectivity index (χ3v) is 7.31. The number of ether oxygens (including phenoxy) is 2. The van der Waals surface area contributed by atoms with Gasteiger partial charge in [0.1, 0.15) is 5.60 Å². The summed E-state index contributed by atoms with van der Waals surface area (Å²) < 4.78 is 35.2. The highest BCUT2D eigenvalue weighted by Crippen LogP contribution is 2.41. The smallest absolute Gasteiger partial charge is 0.344 e. The molecule has 1 aliphatic carbocycles. The molecule has 2 rings (SSSR count). The molecule has 0 aliphatic heterocycles. The molecule has 0 heterocycles. The van der Waals surface area contributed by atoms with Crippen LogP contribution in [-0.2, 0) is 28.9 Å². The van der Waals surface area contributed by atoms with Crippen LogP contribution in [0.2, 0.25) is 0 Å². The number of hydrogen-bond donors (Lipinski definition) is 0. The van der Waals surface area contributed by atoms with Gasteiger partial charge in [-0.25, -0.2) is 13.2 Å². The molecule has 0 aromatic heterocycles. The molecule has 0 amide bonds. The molecule has 0 N–H and O–H groups in total. The van der Waals surface area contributed by atoms with E-state index in [1.807, 2.05) is 13.8 Å². The van der Waals surface area contributed by atoms with Crippen molar-refractivity contribution < 1.29 is 27.5 Å². The first kappa shape index (κ1) is 21.4. The summed E-state index contributed by atoms with van der Waals surface area (Å²) >= 11 is 0. The van der Waals surface area contributed by atoms with Gasteiger partial charge in [-0.3, -0.25) is 4.79 Å². The Labute approximate surface area is 161 Å². The lowest BCUT2D eigenvalue weighted by atomic mass is 10.1. The topological polar surface area (TPSA) is 86.7 Å². The van der Waals surface area contributed by atoms with Crippen LogP contribution in [0.15, 0.2) is 23.1 Å². The number of carbonyl (C=O) groups excluding carboxylic acids is 2. The van der Waals surface area contributed by atoms with Crippen molar-refractivity contribution in [3.8, 4) is 0 Å². The first-order valence-corrected chi connectivity index (χ1v) is 10.6. The van der Waals surface area contributed by atoms with Gasteiger partial charge in [0.2, 0.25) is 0 Å². The van der Waals surface area contributed by atoms with E-state index in [0.717, 1.165) is 11.1 Å². The Bertz CT molecular complexity index is 827. The SMILES string of the molecule is Cc1ccc(S(=O)(=O)C2(C(=O)OCC(=O)OC(C)(C)C)CCCC2)cc1C. The van der Waals surface area contributed by atoms with E-state index < -0.39 is 38.7 Å². The van der Waals surface area contributed by atoms with E-state index in [0.29, 0.717) is 12.8 Å². The van der Waals surface area contributed by atoms with Crippen molar-refractivity contribution in [1.82, 2.24) is 0 Å². The average Bonchev–Trinajstić information content (AvgIpc) is 3.05. The first-order chi connectivity index (χ1) is 12.4. The lowest BCUT2D eigenvalue weighted by Gasteiger charge is -2.27. The number of aryl methyl sites for hydroxylation is 2. The summed E-state index contributed by atoms with van der Waals surface area (Å²) in [7, 11) is -3.95. The maximum Gasteiger partial charge on any atom is 0.344 e. The predicted octanol–water partition coefficient (Wildman–Crippen LogP) is 3.27. The van der Waals surface area contributed by atoms with Crippen LogP contribution in [0.1, 0.15) is 57.6 Å². The standard InChI is InChI=1S/C20H28O6S/c1-14-8-9-16(12-15(14)2)27(23,24)20(10-6-7-11-20)18(22)25-13-17(21)26-19(3,4)5/h8-9,12H,6-7,10-11,13H2,1-5H3. The summed E-state index contributed by atoms with van der Waals surface area (Å²) in [6.07, 6.45) is 1.61. The van der Waals surface area contributed by atoms with E-state index >= 15 is 0 Å². The van der Waals surface area contributed by atoms with Crippen molar-refractivity contribution in [2.24, 2.45) is 0 Å². The van der Waals surface area contributed by atoms with Crippen molar-refractivity contribution in [3.63, 3.8) is 0 Å². The molecule has 1 fully saturated rings. The highest BCUT2D eigenvalue weighted by molar-refractivity contribution is 7.93. The Morgan fingerprint density at radius 2 is 1.67 bits per heavy atom. The zero-order valence-corrected chi connectivity index (χ0v) is 17.4. The van der Waals surface area contributed by atoms with Gasteiger partial charge in [-0.1, -0.05) is 18.9 Å². The molecule has 1 aromatic rings. The minimum atomic E-state index is -3.95. The Morgan fingerprint density at radius 1 is 1.07 bits per heavy atom. The lowest BCUT2D eigenvalue weighted by molar-refractivity contribution is -0.167. The average molecular weight is 397 g/mol. The molecule has 0 radical (unpaired) electrons. The predicted molar refractivity (Wildman–Crippen MR) is 101 cm³/mol. The molecule has 1 saturated carbocycles. The molecule has 27 heavy (non-hydrogen) atoms. The van der Waals surface area contributed by atoms with Crippen LogP contribution < -0.4 is 0 Å². The molecule has 0 atom stereocenters. The van der Waals surface area contributed by atoms with Crippen molar-refractivity contribution in [3.05, 3.63) is 29.3 Å². The van der Waals surface area contributed by atoms with Crippen molar-refractivity contribution >= 4 is 21.8 Å². The van der Waals surface area contributed by atoms with Gasteiger partial charge in [0.15, 0.2) is 21.2 Å². The van der Waals surface area contributed by atoms with Gasteiger partial charge in [-0.05, 0) is 70.7 Å². The first-order valence-electron chi connectivity index (χ1n) is 9.10. The van der Waals surface area contributed by atoms with Crippen LogP contribution in [0.4, 0.5) is 0 Å². The fourth-order valence-electron chi connectivity index (χ4n) is 3.26. The second-order valence-corrected chi connectivity index (χ2v) is 10.4. The van der Waals surface area contributed by atoms with Crippen LogP contribution in [0.3, 0.4) is 0 Å². The summed E-state index contributed by atoms with van der Waals surface area (Å²) in [6, 6.07) is 4.85. The highest BCUT2D eigenvalue weighted by Gasteiger charge is 2.54. The Balaban J connectivity index is 2.27. The minimum Gasteiger partial charge on any atom is -0.457 e. The van der Waals surface area contributed by atoms with Crippen LogP contribution >= 0.6 is 0 Å². The summed E-state index contributed by atoms with van der Waals surface area (Å²) in [5.41, 5.74) is 1.10. The van der Waals surface area contributed by atoms with Gasteiger partial charge in [-0.15, -0.1) is 0 Å². The highest BCUT2D eigenvalue weighted by atomic mass is 32.2. The van der Waals surface area contributed by atoms with Gasteiger partial charge in [0.05, 0.1) is 4.90 Å². The molecule has 1 aliphatic rings. The quantitative estimate of drug-likeness (QED) is 0.710. The Hall–Kier alpha value is -1.89. The molecule has 7 heteroatoms. The van der Waals surface area contributed by atoms with Gasteiger partial charge in [0.25, 0.3) is 0 Å². The molecular formula is C20H28O6S. The minimum absolute atomic E-state index is 0.113. The van der Waals surface area contributed by atoms with E-state index in [1.165, 1.54) is 6.07 Å². The monoisotopic (exact) mass is 396 g/mol. The van der Waals surface area contributed by atoms with Gasteiger partial charge < -0.3 is 9.47 Å². The molecule has 0 bridgehead atoms. The van der Waals surface area contributed by atoms with Crippen LogP contribution in [0, 0.1) is 13.8 Å². The summed E-state index contributed by atoms with van der Waals surface area (Å²) in [5.74, 6) is -1.57. The van der Waals surface area contributed by atoms with Crippen LogP contribution in [0.5, 0.6) is 0 Å². The molecule has 1 aromatic carbocycles. The molecule has 150 valence electrons. The zero-order chi connectivity index (χ0) is 20.5. The van der Waals surface area contributed by atoms with Gasteiger partial charge in [-0.2, -0.15) is 0 Å². The van der Waals surface area contributed by atoms with Crippen LogP contribution in [0.25, 0.3) is 0 Å². The summed E-state index contributed by atoms with van der Waals surface area (Å²) in [4.78, 5) is 24.7. The number of esters is 2. The fourth-order valence-corrected chi connectivity index (χ4v) is 5.40. The maximum atomic E-state index is 13.3. The number of benzene rings is 1. The molecule has 6 nitrogen and oxygen atoms in total. The van der Waals surface area contributed by atoms with Crippen molar-refractivity contribution in [2.45, 2.75) is 75.5 Å². The largest absolute Gasteiger partial charge is 0.457 e. The van der Waals surface area contributed by atoms with Crippen molar-refractivity contribution in [1.29, 1.82) is 0 Å².